The first-order valence-electron chi connectivity index (χ1n) is 6.32. The second kappa shape index (κ2) is 7.43. The van der Waals surface area contributed by atoms with Crippen LogP contribution in [0.2, 0.25) is 4.34 Å². The summed E-state index contributed by atoms with van der Waals surface area (Å²) in [5.41, 5.74) is 1.56. The summed E-state index contributed by atoms with van der Waals surface area (Å²) < 4.78 is 5.59. The number of methoxy groups -OCH3 is 1. The number of nitrogens with one attached hydrogen (secondary N) is 1. The molecule has 0 atom stereocenters. The maximum Gasteiger partial charge on any atom is 0.338 e. The Labute approximate surface area is 127 Å². The van der Waals surface area contributed by atoms with Crippen LogP contribution in [0, 0.1) is 0 Å². The molecule has 0 amide bonds. The zero-order valence-electron chi connectivity index (χ0n) is 11.2. The summed E-state index contributed by atoms with van der Waals surface area (Å²) in [6, 6.07) is 11.4. The summed E-state index contributed by atoms with van der Waals surface area (Å²) >= 11 is 7.48. The normalized spacial score (nSPS) is 10.5. The number of carbonyl (C=O) groups excluding carboxylic acids is 1. The molecule has 0 aliphatic heterocycles. The number of ether oxygens (including phenoxy) is 1. The Morgan fingerprint density at radius 1 is 1.30 bits per heavy atom. The van der Waals surface area contributed by atoms with E-state index < -0.39 is 0 Å². The highest BCUT2D eigenvalue weighted by Crippen LogP contribution is 2.21. The number of carbonyl (C=O) groups is 1. The molecule has 0 spiro atoms. The fourth-order valence-electron chi connectivity index (χ4n) is 1.90. The molecule has 0 aliphatic carbocycles. The molecule has 0 unspecified atom stereocenters. The Morgan fingerprint density at radius 2 is 2.10 bits per heavy atom. The highest BCUT2D eigenvalue weighted by Gasteiger charge is 2.10. The third-order valence-electron chi connectivity index (χ3n) is 2.92. The van der Waals surface area contributed by atoms with Crippen LogP contribution in [0.25, 0.3) is 0 Å². The molecule has 5 heteroatoms. The molecule has 0 fully saturated rings. The summed E-state index contributed by atoms with van der Waals surface area (Å²) in [5.74, 6) is -0.299. The summed E-state index contributed by atoms with van der Waals surface area (Å²) in [6.07, 6.45) is 0.928. The molecule has 0 aliphatic rings. The van der Waals surface area contributed by atoms with Gasteiger partial charge in [0.1, 0.15) is 0 Å². The van der Waals surface area contributed by atoms with E-state index in [1.54, 1.807) is 17.4 Å². The Bertz CT molecular complexity index is 583. The predicted molar refractivity (Wildman–Crippen MR) is 82.5 cm³/mol. The third-order valence-corrected chi connectivity index (χ3v) is 4.21. The van der Waals surface area contributed by atoms with E-state index in [2.05, 4.69) is 5.32 Å². The number of esters is 1. The van der Waals surface area contributed by atoms with Crippen molar-refractivity contribution in [2.45, 2.75) is 13.0 Å². The number of hydrogen-bond donors (Lipinski definition) is 1. The number of halogens is 1. The van der Waals surface area contributed by atoms with Gasteiger partial charge in [-0.1, -0.05) is 29.8 Å². The molecule has 20 heavy (non-hydrogen) atoms. The van der Waals surface area contributed by atoms with Crippen molar-refractivity contribution in [1.29, 1.82) is 0 Å². The van der Waals surface area contributed by atoms with Gasteiger partial charge in [0, 0.05) is 18.0 Å². The van der Waals surface area contributed by atoms with Crippen LogP contribution in [0.5, 0.6) is 0 Å². The number of benzene rings is 1. The first-order valence-corrected chi connectivity index (χ1v) is 7.51. The molecule has 1 aromatic heterocycles. The third kappa shape index (κ3) is 4.07. The zero-order valence-corrected chi connectivity index (χ0v) is 12.8. The van der Waals surface area contributed by atoms with Gasteiger partial charge in [-0.25, -0.2) is 4.79 Å². The van der Waals surface area contributed by atoms with Gasteiger partial charge in [0.05, 0.1) is 17.0 Å². The SMILES string of the molecule is COC(=O)c1ccccc1CNCCc1ccc(Cl)s1. The number of rotatable bonds is 6. The molecule has 3 nitrogen and oxygen atoms in total. The molecule has 1 N–H and O–H groups in total. The van der Waals surface area contributed by atoms with E-state index in [1.807, 2.05) is 30.3 Å². The van der Waals surface area contributed by atoms with E-state index in [4.69, 9.17) is 16.3 Å². The molecular formula is C15H16ClNO2S. The van der Waals surface area contributed by atoms with Crippen molar-refractivity contribution in [1.82, 2.24) is 5.32 Å². The van der Waals surface area contributed by atoms with Crippen LogP contribution in [0.4, 0.5) is 0 Å². The monoisotopic (exact) mass is 309 g/mol. The van der Waals surface area contributed by atoms with Gasteiger partial charge in [-0.15, -0.1) is 11.3 Å². The lowest BCUT2D eigenvalue weighted by Gasteiger charge is -2.08. The molecule has 1 aromatic carbocycles. The molecule has 0 bridgehead atoms. The largest absolute Gasteiger partial charge is 0.465 e. The maximum atomic E-state index is 11.6. The second-order valence-corrected chi connectivity index (χ2v) is 6.08. The van der Waals surface area contributed by atoms with Crippen molar-refractivity contribution in [2.24, 2.45) is 0 Å². The van der Waals surface area contributed by atoms with Crippen molar-refractivity contribution < 1.29 is 9.53 Å². The van der Waals surface area contributed by atoms with Gasteiger partial charge in [0.15, 0.2) is 0 Å². The minimum atomic E-state index is -0.299. The lowest BCUT2D eigenvalue weighted by Crippen LogP contribution is -2.18. The fraction of sp³-hybridized carbons (Fsp3) is 0.267. The molecule has 0 saturated carbocycles. The minimum Gasteiger partial charge on any atom is -0.465 e. The fourth-order valence-corrected chi connectivity index (χ4v) is 2.99. The van der Waals surface area contributed by atoms with Gasteiger partial charge in [0.2, 0.25) is 0 Å². The molecule has 0 radical (unpaired) electrons. The van der Waals surface area contributed by atoms with Crippen molar-refractivity contribution >= 4 is 28.9 Å². The van der Waals surface area contributed by atoms with Crippen LogP contribution in [0.1, 0.15) is 20.8 Å². The Balaban J connectivity index is 1.86. The molecule has 0 saturated heterocycles. The zero-order chi connectivity index (χ0) is 14.4. The highest BCUT2D eigenvalue weighted by atomic mass is 35.5. The van der Waals surface area contributed by atoms with Crippen molar-refractivity contribution in [3.05, 3.63) is 56.7 Å². The number of thiophene rings is 1. The van der Waals surface area contributed by atoms with Crippen molar-refractivity contribution in [3.8, 4) is 0 Å². The summed E-state index contributed by atoms with van der Waals surface area (Å²) in [6.45, 7) is 1.48. The Morgan fingerprint density at radius 3 is 2.80 bits per heavy atom. The van der Waals surface area contributed by atoms with Crippen LogP contribution in [-0.2, 0) is 17.7 Å². The van der Waals surface area contributed by atoms with Crippen LogP contribution < -0.4 is 5.32 Å². The first kappa shape index (κ1) is 15.0. The molecule has 2 aromatic rings. The summed E-state index contributed by atoms with van der Waals surface area (Å²) in [7, 11) is 1.40. The van der Waals surface area contributed by atoms with Crippen molar-refractivity contribution in [3.63, 3.8) is 0 Å². The van der Waals surface area contributed by atoms with E-state index >= 15 is 0 Å². The maximum absolute atomic E-state index is 11.6. The summed E-state index contributed by atoms with van der Waals surface area (Å²) in [4.78, 5) is 12.9. The van der Waals surface area contributed by atoms with Gasteiger partial charge in [-0.3, -0.25) is 0 Å². The molecule has 2 rings (SSSR count). The topological polar surface area (TPSA) is 38.3 Å². The predicted octanol–water partition coefficient (Wildman–Crippen LogP) is 3.52. The lowest BCUT2D eigenvalue weighted by atomic mass is 10.1. The Kier molecular flexibility index (Phi) is 5.59. The van der Waals surface area contributed by atoms with Gasteiger partial charge in [-0.2, -0.15) is 0 Å². The molecule has 1 heterocycles. The average molecular weight is 310 g/mol. The number of hydrogen-bond acceptors (Lipinski definition) is 4. The van der Waals surface area contributed by atoms with Crippen LogP contribution in [0.15, 0.2) is 36.4 Å². The van der Waals surface area contributed by atoms with Gasteiger partial charge in [0.25, 0.3) is 0 Å². The van der Waals surface area contributed by atoms with E-state index in [9.17, 15) is 4.79 Å². The van der Waals surface area contributed by atoms with Gasteiger partial charge in [-0.05, 0) is 30.2 Å². The summed E-state index contributed by atoms with van der Waals surface area (Å²) in [5, 5.41) is 3.33. The lowest BCUT2D eigenvalue weighted by molar-refractivity contribution is 0.0599. The minimum absolute atomic E-state index is 0.299. The van der Waals surface area contributed by atoms with E-state index in [1.165, 1.54) is 12.0 Å². The van der Waals surface area contributed by atoms with Crippen LogP contribution in [-0.4, -0.2) is 19.6 Å². The quantitative estimate of drug-likeness (QED) is 0.655. The van der Waals surface area contributed by atoms with Gasteiger partial charge < -0.3 is 10.1 Å². The smallest absolute Gasteiger partial charge is 0.338 e. The van der Waals surface area contributed by atoms with E-state index in [0.717, 1.165) is 22.9 Å². The van der Waals surface area contributed by atoms with Crippen LogP contribution in [0.3, 0.4) is 0 Å². The average Bonchev–Trinajstić information content (AvgIpc) is 2.89. The second-order valence-electron chi connectivity index (χ2n) is 4.28. The standard InChI is InChI=1S/C15H16ClNO2S/c1-19-15(18)13-5-3-2-4-11(13)10-17-9-8-12-6-7-14(16)20-12/h2-7,17H,8-10H2,1H3. The van der Waals surface area contributed by atoms with Gasteiger partial charge >= 0.3 is 5.97 Å². The van der Waals surface area contributed by atoms with Crippen LogP contribution >= 0.6 is 22.9 Å². The van der Waals surface area contributed by atoms with E-state index in [-0.39, 0.29) is 5.97 Å². The Hall–Kier alpha value is -1.36. The van der Waals surface area contributed by atoms with E-state index in [0.29, 0.717) is 12.1 Å². The van der Waals surface area contributed by atoms with Crippen molar-refractivity contribution in [2.75, 3.05) is 13.7 Å². The molecular weight excluding hydrogens is 294 g/mol. The highest BCUT2D eigenvalue weighted by molar-refractivity contribution is 7.16. The molecule has 106 valence electrons. The first-order chi connectivity index (χ1) is 9.70.